The Kier molecular flexibility index (Phi) is 8.79. The SMILES string of the molecule is CCC1CCC([C@@H]2COc3cc(-c4cc(C)c(C(F)(F)Oc5cc(F)c(OC(F)(F)F)c(F)c5)c(F)c4)c(C)cc3C2)CC1. The Morgan fingerprint density at radius 2 is 1.43 bits per heavy atom. The predicted octanol–water partition coefficient (Wildman–Crippen LogP) is 10.2. The fourth-order valence-electron chi connectivity index (χ4n) is 6.54. The second-order valence-electron chi connectivity index (χ2n) is 11.8. The normalized spacial score (nSPS) is 20.6. The van der Waals surface area contributed by atoms with Crippen molar-refractivity contribution < 1.29 is 49.3 Å². The van der Waals surface area contributed by atoms with Crippen molar-refractivity contribution in [2.75, 3.05) is 6.61 Å². The summed E-state index contributed by atoms with van der Waals surface area (Å²) < 4.78 is 125. The molecule has 238 valence electrons. The Morgan fingerprint density at radius 3 is 2.02 bits per heavy atom. The number of alkyl halides is 5. The zero-order chi connectivity index (χ0) is 32.0. The van der Waals surface area contributed by atoms with Gasteiger partial charge in [-0.1, -0.05) is 38.3 Å². The van der Waals surface area contributed by atoms with Gasteiger partial charge in [0.25, 0.3) is 0 Å². The summed E-state index contributed by atoms with van der Waals surface area (Å²) in [5.41, 5.74) is 1.36. The minimum Gasteiger partial charge on any atom is -0.493 e. The number of benzene rings is 3. The smallest absolute Gasteiger partial charge is 0.493 e. The molecule has 0 radical (unpaired) electrons. The van der Waals surface area contributed by atoms with Crippen molar-refractivity contribution in [1.29, 1.82) is 0 Å². The largest absolute Gasteiger partial charge is 0.573 e. The zero-order valence-electron chi connectivity index (χ0n) is 24.4. The van der Waals surface area contributed by atoms with Crippen LogP contribution >= 0.6 is 0 Å². The fourth-order valence-corrected chi connectivity index (χ4v) is 6.54. The molecular weight excluding hydrogens is 596 g/mol. The first kappa shape index (κ1) is 31.9. The minimum absolute atomic E-state index is 0.0941. The second kappa shape index (κ2) is 12.1. The molecule has 0 saturated heterocycles. The number of rotatable bonds is 7. The molecule has 11 heteroatoms. The van der Waals surface area contributed by atoms with Crippen LogP contribution in [0.3, 0.4) is 0 Å². The predicted molar refractivity (Wildman–Crippen MR) is 147 cm³/mol. The molecule has 1 heterocycles. The van der Waals surface area contributed by atoms with Crippen molar-refractivity contribution >= 4 is 0 Å². The summed E-state index contributed by atoms with van der Waals surface area (Å²) in [5, 5.41) is 0. The average molecular weight is 629 g/mol. The van der Waals surface area contributed by atoms with Crippen molar-refractivity contribution in [2.24, 2.45) is 17.8 Å². The van der Waals surface area contributed by atoms with Crippen molar-refractivity contribution in [1.82, 2.24) is 0 Å². The lowest BCUT2D eigenvalue weighted by Crippen LogP contribution is -2.30. The van der Waals surface area contributed by atoms with E-state index in [1.807, 2.05) is 13.0 Å². The topological polar surface area (TPSA) is 27.7 Å². The van der Waals surface area contributed by atoms with Crippen LogP contribution in [-0.2, 0) is 12.5 Å². The lowest BCUT2D eigenvalue weighted by atomic mass is 9.73. The second-order valence-corrected chi connectivity index (χ2v) is 11.8. The van der Waals surface area contributed by atoms with Crippen LogP contribution in [0.25, 0.3) is 11.1 Å². The maximum Gasteiger partial charge on any atom is 0.573 e. The summed E-state index contributed by atoms with van der Waals surface area (Å²) in [5.74, 6) is -5.71. The molecule has 5 rings (SSSR count). The lowest BCUT2D eigenvalue weighted by Gasteiger charge is -2.36. The van der Waals surface area contributed by atoms with Crippen molar-refractivity contribution in [3.8, 4) is 28.4 Å². The molecule has 1 atom stereocenters. The minimum atomic E-state index is -5.42. The van der Waals surface area contributed by atoms with Crippen LogP contribution in [0.2, 0.25) is 0 Å². The van der Waals surface area contributed by atoms with Crippen LogP contribution in [0.1, 0.15) is 61.3 Å². The monoisotopic (exact) mass is 628 g/mol. The number of fused-ring (bicyclic) bond motifs is 1. The van der Waals surface area contributed by atoms with Gasteiger partial charge in [-0.3, -0.25) is 0 Å². The zero-order valence-corrected chi connectivity index (χ0v) is 24.4. The summed E-state index contributed by atoms with van der Waals surface area (Å²) >= 11 is 0. The molecule has 3 nitrogen and oxygen atoms in total. The standard InChI is InChI=1S/C33H32F8O3/c1-4-19-5-7-20(8-6-19)23-11-22-9-17(2)25(15-29(22)42-16-23)21-10-18(3)30(26(34)12-21)32(37,38)43-24-13-27(35)31(28(36)14-24)44-33(39,40)41/h9-10,12-15,19-20,23H,4-8,11,16H2,1-3H3/t19?,20?,23-/m0/s1. The van der Waals surface area contributed by atoms with Crippen molar-refractivity contribution in [2.45, 2.75) is 71.8 Å². The van der Waals surface area contributed by atoms with E-state index in [0.717, 1.165) is 29.5 Å². The Labute approximate surface area is 250 Å². The van der Waals surface area contributed by atoms with E-state index in [0.29, 0.717) is 35.3 Å². The summed E-state index contributed by atoms with van der Waals surface area (Å²) in [6.07, 6.45) is -2.90. The molecule has 1 aliphatic carbocycles. The third kappa shape index (κ3) is 6.76. The van der Waals surface area contributed by atoms with Crippen LogP contribution in [0.15, 0.2) is 36.4 Å². The lowest BCUT2D eigenvalue weighted by molar-refractivity contribution is -0.276. The molecule has 1 fully saturated rings. The van der Waals surface area contributed by atoms with E-state index in [9.17, 15) is 22.0 Å². The van der Waals surface area contributed by atoms with Gasteiger partial charge < -0.3 is 14.2 Å². The molecule has 3 aromatic carbocycles. The number of hydrogen-bond acceptors (Lipinski definition) is 3. The Balaban J connectivity index is 1.36. The summed E-state index contributed by atoms with van der Waals surface area (Å²) in [7, 11) is 0. The molecular formula is C33H32F8O3. The van der Waals surface area contributed by atoms with Crippen LogP contribution in [0.4, 0.5) is 35.1 Å². The average Bonchev–Trinajstić information content (AvgIpc) is 2.93. The summed E-state index contributed by atoms with van der Waals surface area (Å²) in [6, 6.07) is 6.21. The van der Waals surface area contributed by atoms with Crippen LogP contribution in [0.5, 0.6) is 17.2 Å². The number of hydrogen-bond donors (Lipinski definition) is 0. The van der Waals surface area contributed by atoms with Gasteiger partial charge in [0.2, 0.25) is 5.75 Å². The van der Waals surface area contributed by atoms with E-state index in [1.54, 1.807) is 6.07 Å². The molecule has 0 N–H and O–H groups in total. The number of halogens is 8. The highest BCUT2D eigenvalue weighted by atomic mass is 19.4. The first-order chi connectivity index (χ1) is 20.6. The van der Waals surface area contributed by atoms with E-state index in [1.165, 1.54) is 45.1 Å². The summed E-state index contributed by atoms with van der Waals surface area (Å²) in [6.45, 7) is 5.89. The highest BCUT2D eigenvalue weighted by molar-refractivity contribution is 5.71. The van der Waals surface area contributed by atoms with Gasteiger partial charge in [-0.25, -0.2) is 13.2 Å². The molecule has 2 aliphatic rings. The van der Waals surface area contributed by atoms with Crippen LogP contribution < -0.4 is 14.2 Å². The maximum atomic E-state index is 15.3. The van der Waals surface area contributed by atoms with E-state index >= 15 is 13.2 Å². The molecule has 0 amide bonds. The third-order valence-electron chi connectivity index (χ3n) is 8.80. The van der Waals surface area contributed by atoms with Gasteiger partial charge in [-0.15, -0.1) is 13.2 Å². The summed E-state index contributed by atoms with van der Waals surface area (Å²) in [4.78, 5) is 0. The Bertz CT molecular complexity index is 1480. The third-order valence-corrected chi connectivity index (χ3v) is 8.80. The molecule has 44 heavy (non-hydrogen) atoms. The molecule has 1 aliphatic heterocycles. The fraction of sp³-hybridized carbons (Fsp3) is 0.455. The van der Waals surface area contributed by atoms with Gasteiger partial charge in [-0.2, -0.15) is 8.78 Å². The van der Waals surface area contributed by atoms with Crippen molar-refractivity contribution in [3.05, 3.63) is 76.1 Å². The quantitative estimate of drug-likeness (QED) is 0.244. The highest BCUT2D eigenvalue weighted by Gasteiger charge is 2.41. The first-order valence-corrected chi connectivity index (χ1v) is 14.5. The molecule has 1 saturated carbocycles. The van der Waals surface area contributed by atoms with Crippen LogP contribution in [0, 0.1) is 49.1 Å². The van der Waals surface area contributed by atoms with E-state index in [-0.39, 0.29) is 17.7 Å². The molecule has 0 aromatic heterocycles. The Morgan fingerprint density at radius 1 is 0.773 bits per heavy atom. The first-order valence-electron chi connectivity index (χ1n) is 14.5. The van der Waals surface area contributed by atoms with Gasteiger partial charge in [0.05, 0.1) is 6.61 Å². The van der Waals surface area contributed by atoms with Crippen molar-refractivity contribution in [3.63, 3.8) is 0 Å². The van der Waals surface area contributed by atoms with E-state index in [2.05, 4.69) is 16.4 Å². The van der Waals surface area contributed by atoms with Gasteiger partial charge in [0, 0.05) is 12.1 Å². The van der Waals surface area contributed by atoms with E-state index < -0.39 is 47.0 Å². The Hall–Kier alpha value is -3.50. The maximum absolute atomic E-state index is 15.3. The van der Waals surface area contributed by atoms with Gasteiger partial charge >= 0.3 is 12.5 Å². The molecule has 0 unspecified atom stereocenters. The number of aryl methyl sites for hydroxylation is 2. The number of ether oxygens (including phenoxy) is 3. The molecule has 3 aromatic rings. The van der Waals surface area contributed by atoms with Gasteiger partial charge in [-0.05, 0) is 90.8 Å². The van der Waals surface area contributed by atoms with Crippen LogP contribution in [-0.4, -0.2) is 13.0 Å². The van der Waals surface area contributed by atoms with Gasteiger partial charge in [0.1, 0.15) is 22.9 Å². The highest BCUT2D eigenvalue weighted by Crippen LogP contribution is 2.43. The van der Waals surface area contributed by atoms with Gasteiger partial charge in [0.15, 0.2) is 11.6 Å². The van der Waals surface area contributed by atoms with E-state index in [4.69, 9.17) is 4.74 Å². The molecule has 0 bridgehead atoms. The molecule has 0 spiro atoms.